The van der Waals surface area contributed by atoms with E-state index >= 15 is 0 Å². The van der Waals surface area contributed by atoms with Crippen LogP contribution in [0.2, 0.25) is 0 Å². The van der Waals surface area contributed by atoms with Crippen molar-refractivity contribution in [3.63, 3.8) is 0 Å². The van der Waals surface area contributed by atoms with E-state index in [9.17, 15) is 8.78 Å². The molecule has 7 heteroatoms. The average molecular weight is 391 g/mol. The van der Waals surface area contributed by atoms with E-state index in [0.717, 1.165) is 12.1 Å². The molecule has 0 radical (unpaired) electrons. The quantitative estimate of drug-likeness (QED) is 0.459. The van der Waals surface area contributed by atoms with Crippen molar-refractivity contribution in [2.75, 3.05) is 5.75 Å². The van der Waals surface area contributed by atoms with Gasteiger partial charge in [0.25, 0.3) is 0 Å². The summed E-state index contributed by atoms with van der Waals surface area (Å²) in [5.41, 5.74) is -0.214. The monoisotopic (exact) mass is 390 g/mol. The maximum Gasteiger partial charge on any atom is 0.491 e. The van der Waals surface area contributed by atoms with Crippen LogP contribution in [0.4, 0.5) is 8.78 Å². The van der Waals surface area contributed by atoms with Crippen LogP contribution in [0, 0.1) is 11.6 Å². The van der Waals surface area contributed by atoms with Crippen LogP contribution in [0.5, 0.6) is 0 Å². The molecule has 1 saturated heterocycles. The van der Waals surface area contributed by atoms with Gasteiger partial charge in [-0.15, -0.1) is 0 Å². The number of thiol groups is 1. The summed E-state index contributed by atoms with van der Waals surface area (Å²) in [6.45, 7) is 7.73. The predicted octanol–water partition coefficient (Wildman–Crippen LogP) is 4.67. The van der Waals surface area contributed by atoms with E-state index in [2.05, 4.69) is 28.6 Å². The molecule has 0 atom stereocenters. The normalized spacial score (nSPS) is 20.5. The zero-order valence-corrected chi connectivity index (χ0v) is 15.4. The molecule has 1 fully saturated rings. The third kappa shape index (κ3) is 3.42. The Bertz CT molecular complexity index is 604. The molecular formula is C15H18BBrF2O2S. The van der Waals surface area contributed by atoms with Crippen LogP contribution in [-0.4, -0.2) is 24.1 Å². The number of hydrogen-bond acceptors (Lipinski definition) is 3. The van der Waals surface area contributed by atoms with E-state index in [0.29, 0.717) is 11.2 Å². The van der Waals surface area contributed by atoms with Gasteiger partial charge in [0.05, 0.1) is 15.7 Å². The summed E-state index contributed by atoms with van der Waals surface area (Å²) in [6, 6.07) is 2.23. The first-order valence-electron chi connectivity index (χ1n) is 6.89. The molecule has 1 aliphatic heterocycles. The Morgan fingerprint density at radius 3 is 2.23 bits per heavy atom. The molecule has 0 aliphatic carbocycles. The molecule has 0 bridgehead atoms. The van der Waals surface area contributed by atoms with Crippen molar-refractivity contribution in [2.24, 2.45) is 0 Å². The van der Waals surface area contributed by atoms with Gasteiger partial charge in [0, 0.05) is 11.3 Å². The Kier molecular flexibility index (Phi) is 5.12. The lowest BCUT2D eigenvalue weighted by Crippen LogP contribution is -2.41. The van der Waals surface area contributed by atoms with E-state index in [-0.39, 0.29) is 10.0 Å². The van der Waals surface area contributed by atoms with Crippen LogP contribution in [0.25, 0.3) is 6.08 Å². The topological polar surface area (TPSA) is 18.5 Å². The highest BCUT2D eigenvalue weighted by molar-refractivity contribution is 9.10. The third-order valence-electron chi connectivity index (χ3n) is 4.12. The highest BCUT2D eigenvalue weighted by Gasteiger charge is 2.52. The lowest BCUT2D eigenvalue weighted by atomic mass is 9.78. The highest BCUT2D eigenvalue weighted by atomic mass is 79.9. The molecule has 22 heavy (non-hydrogen) atoms. The van der Waals surface area contributed by atoms with Crippen molar-refractivity contribution in [3.8, 4) is 0 Å². The molecule has 2 nitrogen and oxygen atoms in total. The van der Waals surface area contributed by atoms with Crippen LogP contribution in [0.3, 0.4) is 0 Å². The molecule has 120 valence electrons. The minimum Gasteiger partial charge on any atom is -0.400 e. The molecule has 0 unspecified atom stereocenters. The molecule has 1 heterocycles. The van der Waals surface area contributed by atoms with E-state index < -0.39 is 30.0 Å². The summed E-state index contributed by atoms with van der Waals surface area (Å²) in [5.74, 6) is -0.738. The second-order valence-electron chi connectivity index (χ2n) is 6.25. The fourth-order valence-corrected chi connectivity index (χ4v) is 2.59. The summed E-state index contributed by atoms with van der Waals surface area (Å²) in [6.07, 6.45) is 1.53. The highest BCUT2D eigenvalue weighted by Crippen LogP contribution is 2.39. The van der Waals surface area contributed by atoms with Crippen molar-refractivity contribution >= 4 is 41.8 Å². The fourth-order valence-electron chi connectivity index (χ4n) is 2.03. The first-order chi connectivity index (χ1) is 10.1. The van der Waals surface area contributed by atoms with E-state index in [1.54, 1.807) is 0 Å². The summed E-state index contributed by atoms with van der Waals surface area (Å²) in [7, 11) is -0.631. The molecule has 1 aliphatic rings. The zero-order valence-electron chi connectivity index (χ0n) is 12.9. The minimum atomic E-state index is -0.631. The lowest BCUT2D eigenvalue weighted by molar-refractivity contribution is 0.00578. The van der Waals surface area contributed by atoms with Gasteiger partial charge in [-0.25, -0.2) is 8.78 Å². The van der Waals surface area contributed by atoms with Gasteiger partial charge < -0.3 is 9.31 Å². The van der Waals surface area contributed by atoms with Gasteiger partial charge in [0.15, 0.2) is 0 Å². The number of benzene rings is 1. The van der Waals surface area contributed by atoms with Crippen LogP contribution in [0.15, 0.2) is 22.1 Å². The molecule has 2 rings (SSSR count). The van der Waals surface area contributed by atoms with Gasteiger partial charge in [-0.05, 0) is 61.2 Å². The smallest absolute Gasteiger partial charge is 0.400 e. The largest absolute Gasteiger partial charge is 0.491 e. The first kappa shape index (κ1) is 18.0. The first-order valence-corrected chi connectivity index (χ1v) is 8.31. The predicted molar refractivity (Wildman–Crippen MR) is 92.0 cm³/mol. The molecule has 1 aromatic rings. The van der Waals surface area contributed by atoms with Crippen molar-refractivity contribution < 1.29 is 18.1 Å². The maximum atomic E-state index is 14.0. The molecule has 0 saturated carbocycles. The number of hydrogen-bond donors (Lipinski definition) is 1. The van der Waals surface area contributed by atoms with E-state index in [1.807, 2.05) is 27.7 Å². The third-order valence-corrected chi connectivity index (χ3v) is 5.09. The van der Waals surface area contributed by atoms with Crippen molar-refractivity contribution in [1.29, 1.82) is 0 Å². The number of rotatable bonds is 3. The second-order valence-corrected chi connectivity index (χ2v) is 7.42. The van der Waals surface area contributed by atoms with Gasteiger partial charge in [0.2, 0.25) is 0 Å². The Balaban J connectivity index is 2.36. The van der Waals surface area contributed by atoms with Gasteiger partial charge in [0.1, 0.15) is 11.6 Å². The van der Waals surface area contributed by atoms with Crippen molar-refractivity contribution in [3.05, 3.63) is 39.3 Å². The van der Waals surface area contributed by atoms with Gasteiger partial charge in [-0.3, -0.25) is 0 Å². The summed E-state index contributed by atoms with van der Waals surface area (Å²) in [4.78, 5) is 0. The summed E-state index contributed by atoms with van der Waals surface area (Å²) < 4.78 is 39.5. The summed E-state index contributed by atoms with van der Waals surface area (Å²) >= 11 is 7.22. The van der Waals surface area contributed by atoms with Crippen molar-refractivity contribution in [2.45, 2.75) is 38.9 Å². The van der Waals surface area contributed by atoms with Crippen molar-refractivity contribution in [1.82, 2.24) is 0 Å². The van der Waals surface area contributed by atoms with Crippen LogP contribution in [0.1, 0.15) is 33.3 Å². The fraction of sp³-hybridized carbons (Fsp3) is 0.467. The Hall–Kier alpha value is -0.365. The van der Waals surface area contributed by atoms with Crippen LogP contribution < -0.4 is 0 Å². The van der Waals surface area contributed by atoms with Gasteiger partial charge in [-0.2, -0.15) is 12.6 Å². The Labute approximate surface area is 143 Å². The number of halogens is 3. The standard InChI is InChI=1S/C15H18BBrF2O2S/c1-14(2)15(3,4)21-16(20-14)10(8-22)5-9-6-13(19)11(17)7-12(9)18/h5-7,22H,8H2,1-4H3. The van der Waals surface area contributed by atoms with E-state index in [1.165, 1.54) is 6.08 Å². The zero-order chi connectivity index (χ0) is 16.7. The molecule has 0 amide bonds. The van der Waals surface area contributed by atoms with Crippen LogP contribution in [-0.2, 0) is 9.31 Å². The Morgan fingerprint density at radius 2 is 1.73 bits per heavy atom. The molecule has 1 aromatic carbocycles. The molecule has 0 aromatic heterocycles. The second kappa shape index (κ2) is 6.26. The summed E-state index contributed by atoms with van der Waals surface area (Å²) in [5, 5.41) is 0. The SMILES string of the molecule is CC1(C)OB(C(=Cc2cc(F)c(Br)cc2F)CS)OC1(C)C. The van der Waals surface area contributed by atoms with Gasteiger partial charge in [-0.1, -0.05) is 6.08 Å². The molecule has 0 spiro atoms. The van der Waals surface area contributed by atoms with Gasteiger partial charge >= 0.3 is 7.12 Å². The minimum absolute atomic E-state index is 0.0882. The molecular weight excluding hydrogens is 373 g/mol. The maximum absolute atomic E-state index is 14.0. The lowest BCUT2D eigenvalue weighted by Gasteiger charge is -2.32. The average Bonchev–Trinajstić information content (AvgIpc) is 2.61. The van der Waals surface area contributed by atoms with Crippen LogP contribution >= 0.6 is 28.6 Å². The van der Waals surface area contributed by atoms with E-state index in [4.69, 9.17) is 9.31 Å². The molecule has 0 N–H and O–H groups in total. The Morgan fingerprint density at radius 1 is 1.18 bits per heavy atom.